The average molecular weight is 202 g/mol. The molecule has 4 heteroatoms. The van der Waals surface area contributed by atoms with Gasteiger partial charge in [0.1, 0.15) is 0 Å². The van der Waals surface area contributed by atoms with Crippen LogP contribution in [0.4, 0.5) is 0 Å². The predicted molar refractivity (Wildman–Crippen MR) is 53.2 cm³/mol. The molecular formula is C9H14O3S. The Labute approximate surface area is 82.5 Å². The summed E-state index contributed by atoms with van der Waals surface area (Å²) in [5.74, 6) is -0.0371. The first-order valence-corrected chi connectivity index (χ1v) is 5.00. The van der Waals surface area contributed by atoms with Crippen LogP contribution in [-0.2, 0) is 14.3 Å². The van der Waals surface area contributed by atoms with Crippen molar-refractivity contribution in [2.24, 2.45) is 5.92 Å². The maximum Gasteiger partial charge on any atom is 0.321 e. The van der Waals surface area contributed by atoms with Crippen molar-refractivity contribution < 1.29 is 14.3 Å². The fourth-order valence-corrected chi connectivity index (χ4v) is 1.46. The highest BCUT2D eigenvalue weighted by atomic mass is 32.2. The first kappa shape index (κ1) is 12.2. The van der Waals surface area contributed by atoms with E-state index in [1.807, 2.05) is 13.8 Å². The molecule has 0 aliphatic rings. The number of carbonyl (C=O) groups excluding carboxylic acids is 2. The summed E-state index contributed by atoms with van der Waals surface area (Å²) < 4.78 is 4.45. The lowest BCUT2D eigenvalue weighted by molar-refractivity contribution is -0.135. The smallest absolute Gasteiger partial charge is 0.321 e. The van der Waals surface area contributed by atoms with Gasteiger partial charge in [-0.05, 0) is 5.92 Å². The van der Waals surface area contributed by atoms with Crippen molar-refractivity contribution in [3.8, 4) is 0 Å². The average Bonchev–Trinajstić information content (AvgIpc) is 2.00. The maximum absolute atomic E-state index is 11.1. The van der Waals surface area contributed by atoms with Crippen molar-refractivity contribution in [1.29, 1.82) is 0 Å². The first-order valence-electron chi connectivity index (χ1n) is 4.02. The number of esters is 1. The molecule has 13 heavy (non-hydrogen) atoms. The number of carbonyl (C=O) groups is 2. The number of ether oxygens (including phenoxy) is 1. The van der Waals surface area contributed by atoms with E-state index in [1.165, 1.54) is 0 Å². The van der Waals surface area contributed by atoms with E-state index in [2.05, 4.69) is 11.3 Å². The number of rotatable bonds is 5. The zero-order valence-corrected chi connectivity index (χ0v) is 8.73. The maximum atomic E-state index is 11.1. The number of hydrogen-bond donors (Lipinski definition) is 0. The largest absolute Gasteiger partial charge is 0.435 e. The molecule has 0 aromatic rings. The Bertz CT molecular complexity index is 199. The Morgan fingerprint density at radius 3 is 2.62 bits per heavy atom. The fourth-order valence-electron chi connectivity index (χ4n) is 0.659. The summed E-state index contributed by atoms with van der Waals surface area (Å²) in [7, 11) is 0. The molecule has 3 nitrogen and oxygen atoms in total. The lowest BCUT2D eigenvalue weighted by Gasteiger charge is -2.02. The SMILES string of the molecule is C=COC(=O)CSC(=O)CC(C)C. The van der Waals surface area contributed by atoms with Gasteiger partial charge >= 0.3 is 5.97 Å². The van der Waals surface area contributed by atoms with E-state index in [0.717, 1.165) is 18.0 Å². The molecule has 0 N–H and O–H groups in total. The van der Waals surface area contributed by atoms with Crippen molar-refractivity contribution in [2.45, 2.75) is 20.3 Å². The summed E-state index contributed by atoms with van der Waals surface area (Å²) in [5.41, 5.74) is 0. The third-order valence-electron chi connectivity index (χ3n) is 1.14. The predicted octanol–water partition coefficient (Wildman–Crippen LogP) is 1.98. The van der Waals surface area contributed by atoms with Crippen LogP contribution in [0.1, 0.15) is 20.3 Å². The van der Waals surface area contributed by atoms with Crippen molar-refractivity contribution in [1.82, 2.24) is 0 Å². The molecule has 0 aliphatic heterocycles. The van der Waals surface area contributed by atoms with E-state index < -0.39 is 5.97 Å². The molecular weight excluding hydrogens is 188 g/mol. The molecule has 0 saturated carbocycles. The highest BCUT2D eigenvalue weighted by molar-refractivity contribution is 8.14. The van der Waals surface area contributed by atoms with Gasteiger partial charge in [0.25, 0.3) is 0 Å². The van der Waals surface area contributed by atoms with Crippen molar-refractivity contribution >= 4 is 22.8 Å². The van der Waals surface area contributed by atoms with Gasteiger partial charge in [-0.25, -0.2) is 0 Å². The third-order valence-corrected chi connectivity index (χ3v) is 2.01. The Balaban J connectivity index is 3.57. The Kier molecular flexibility index (Phi) is 6.32. The number of thioether (sulfide) groups is 1. The minimum absolute atomic E-state index is 0.0241. The lowest BCUT2D eigenvalue weighted by Crippen LogP contribution is -2.06. The molecule has 0 fully saturated rings. The molecule has 0 unspecified atom stereocenters. The van der Waals surface area contributed by atoms with E-state index in [4.69, 9.17) is 0 Å². The molecule has 0 heterocycles. The third kappa shape index (κ3) is 7.59. The Morgan fingerprint density at radius 1 is 1.54 bits per heavy atom. The summed E-state index contributed by atoms with van der Waals surface area (Å²) in [6.07, 6.45) is 1.56. The summed E-state index contributed by atoms with van der Waals surface area (Å²) in [6, 6.07) is 0. The topological polar surface area (TPSA) is 43.4 Å². The minimum Gasteiger partial charge on any atom is -0.435 e. The van der Waals surface area contributed by atoms with Crippen LogP contribution in [0.5, 0.6) is 0 Å². The first-order chi connectivity index (χ1) is 6.06. The molecule has 0 atom stereocenters. The van der Waals surface area contributed by atoms with Crippen LogP contribution < -0.4 is 0 Å². The van der Waals surface area contributed by atoms with Crippen molar-refractivity contribution in [3.63, 3.8) is 0 Å². The van der Waals surface area contributed by atoms with Crippen molar-refractivity contribution in [3.05, 3.63) is 12.8 Å². The second-order valence-electron chi connectivity index (χ2n) is 2.92. The van der Waals surface area contributed by atoms with Gasteiger partial charge in [0.05, 0.1) is 12.0 Å². The van der Waals surface area contributed by atoms with Gasteiger partial charge < -0.3 is 4.74 Å². The molecule has 0 aromatic carbocycles. The Hall–Kier alpha value is -0.770. The van der Waals surface area contributed by atoms with E-state index >= 15 is 0 Å². The van der Waals surface area contributed by atoms with E-state index in [-0.39, 0.29) is 10.9 Å². The second-order valence-corrected chi connectivity index (χ2v) is 3.95. The zero-order valence-electron chi connectivity index (χ0n) is 7.91. The van der Waals surface area contributed by atoms with Gasteiger partial charge in [0.15, 0.2) is 5.12 Å². The summed E-state index contributed by atoms with van der Waals surface area (Å²) in [4.78, 5) is 21.9. The minimum atomic E-state index is -0.433. The molecule has 0 radical (unpaired) electrons. The Morgan fingerprint density at radius 2 is 2.15 bits per heavy atom. The molecule has 0 spiro atoms. The molecule has 0 aromatic heterocycles. The monoisotopic (exact) mass is 202 g/mol. The molecule has 0 amide bonds. The molecule has 0 rings (SSSR count). The fraction of sp³-hybridized carbons (Fsp3) is 0.556. The summed E-state index contributed by atoms with van der Waals surface area (Å²) in [5, 5.41) is 0.0241. The lowest BCUT2D eigenvalue weighted by atomic mass is 10.2. The summed E-state index contributed by atoms with van der Waals surface area (Å²) in [6.45, 7) is 7.16. The van der Waals surface area contributed by atoms with Crippen LogP contribution in [0.15, 0.2) is 12.8 Å². The molecule has 74 valence electrons. The van der Waals surface area contributed by atoms with Gasteiger partial charge in [-0.15, -0.1) is 0 Å². The molecule has 0 aliphatic carbocycles. The van der Waals surface area contributed by atoms with Gasteiger partial charge in [0, 0.05) is 6.42 Å². The van der Waals surface area contributed by atoms with Crippen LogP contribution in [-0.4, -0.2) is 16.8 Å². The standard InChI is InChI=1S/C9H14O3S/c1-4-12-8(10)6-13-9(11)5-7(2)3/h4,7H,1,5-6H2,2-3H3. The van der Waals surface area contributed by atoms with Gasteiger partial charge in [-0.1, -0.05) is 32.2 Å². The van der Waals surface area contributed by atoms with Crippen LogP contribution in [0.2, 0.25) is 0 Å². The molecule has 0 bridgehead atoms. The van der Waals surface area contributed by atoms with E-state index in [1.54, 1.807) is 0 Å². The second kappa shape index (κ2) is 6.71. The van der Waals surface area contributed by atoms with E-state index in [9.17, 15) is 9.59 Å². The van der Waals surface area contributed by atoms with Gasteiger partial charge in [-0.2, -0.15) is 0 Å². The van der Waals surface area contributed by atoms with E-state index in [0.29, 0.717) is 12.3 Å². The highest BCUT2D eigenvalue weighted by Gasteiger charge is 2.09. The zero-order chi connectivity index (χ0) is 10.3. The molecule has 0 saturated heterocycles. The van der Waals surface area contributed by atoms with Gasteiger partial charge in [0.2, 0.25) is 0 Å². The summed E-state index contributed by atoms with van der Waals surface area (Å²) >= 11 is 0.992. The van der Waals surface area contributed by atoms with Crippen molar-refractivity contribution in [2.75, 3.05) is 5.75 Å². The number of hydrogen-bond acceptors (Lipinski definition) is 4. The quantitative estimate of drug-likeness (QED) is 0.505. The highest BCUT2D eigenvalue weighted by Crippen LogP contribution is 2.11. The normalized spacial score (nSPS) is 9.77. The van der Waals surface area contributed by atoms with Crippen LogP contribution >= 0.6 is 11.8 Å². The van der Waals surface area contributed by atoms with Gasteiger partial charge in [-0.3, -0.25) is 9.59 Å². The van der Waals surface area contributed by atoms with Crippen LogP contribution in [0, 0.1) is 5.92 Å². The van der Waals surface area contributed by atoms with Crippen LogP contribution in [0.25, 0.3) is 0 Å². The van der Waals surface area contributed by atoms with Crippen LogP contribution in [0.3, 0.4) is 0 Å².